The number of carbonyl (C=O) groups excluding carboxylic acids is 3. The second kappa shape index (κ2) is 8.94. The number of likely N-dealkylation sites (tertiary alicyclic amines) is 1. The lowest BCUT2D eigenvalue weighted by Crippen LogP contribution is -2.39. The average Bonchev–Trinajstić information content (AvgIpc) is 3.21. The minimum atomic E-state index is -1.06. The Hall–Kier alpha value is -3.12. The van der Waals surface area contributed by atoms with Gasteiger partial charge < -0.3 is 14.6 Å². The molecular weight excluding hydrogens is 416 g/mol. The number of piperidine rings is 1. The average molecular weight is 439 g/mol. The van der Waals surface area contributed by atoms with Crippen LogP contribution in [0.3, 0.4) is 0 Å². The Morgan fingerprint density at radius 2 is 1.81 bits per heavy atom. The van der Waals surface area contributed by atoms with Crippen LogP contribution in [0.2, 0.25) is 0 Å². The lowest BCUT2D eigenvalue weighted by molar-refractivity contribution is -0.108. The number of ether oxygens (including phenoxy) is 1. The van der Waals surface area contributed by atoms with Gasteiger partial charge in [-0.3, -0.25) is 14.4 Å². The zero-order valence-corrected chi connectivity index (χ0v) is 17.9. The second-order valence-corrected chi connectivity index (χ2v) is 8.17. The van der Waals surface area contributed by atoms with E-state index in [1.165, 1.54) is 18.9 Å². The number of amides is 1. The third-order valence-corrected chi connectivity index (χ3v) is 6.10. The van der Waals surface area contributed by atoms with Gasteiger partial charge in [0.05, 0.1) is 18.2 Å². The van der Waals surface area contributed by atoms with Crippen molar-refractivity contribution in [2.45, 2.75) is 19.3 Å². The van der Waals surface area contributed by atoms with Crippen molar-refractivity contribution in [2.24, 2.45) is 5.92 Å². The van der Waals surface area contributed by atoms with Gasteiger partial charge in [0.25, 0.3) is 11.1 Å². The van der Waals surface area contributed by atoms with Crippen LogP contribution in [0, 0.1) is 5.92 Å². The minimum Gasteiger partial charge on any atom is -0.496 e. The second-order valence-electron chi connectivity index (χ2n) is 7.83. The molecule has 1 saturated heterocycles. The Balaban J connectivity index is 1.54. The molecule has 1 fully saturated rings. The van der Waals surface area contributed by atoms with Gasteiger partial charge in [-0.2, -0.15) is 0 Å². The van der Waals surface area contributed by atoms with E-state index in [4.69, 9.17) is 16.3 Å². The Morgan fingerprint density at radius 3 is 2.45 bits per heavy atom. The summed E-state index contributed by atoms with van der Waals surface area (Å²) in [7, 11) is 1.50. The predicted octanol–water partition coefficient (Wildman–Crippen LogP) is 4.22. The van der Waals surface area contributed by atoms with Crippen molar-refractivity contribution in [2.75, 3.05) is 20.2 Å². The molecule has 0 unspecified atom stereocenters. The Labute approximate surface area is 185 Å². The van der Waals surface area contributed by atoms with Gasteiger partial charge in [0.2, 0.25) is 5.78 Å². The molecule has 0 saturated carbocycles. The summed E-state index contributed by atoms with van der Waals surface area (Å²) in [5.41, 5.74) is 2.43. The fourth-order valence-electron chi connectivity index (χ4n) is 4.24. The molecule has 0 bridgehead atoms. The summed E-state index contributed by atoms with van der Waals surface area (Å²) in [6.45, 7) is 1.33. The lowest BCUT2D eigenvalue weighted by atomic mass is 9.90. The molecule has 160 valence electrons. The van der Waals surface area contributed by atoms with E-state index in [9.17, 15) is 14.4 Å². The summed E-state index contributed by atoms with van der Waals surface area (Å²) in [4.78, 5) is 41.5. The van der Waals surface area contributed by atoms with E-state index in [0.717, 1.165) is 19.3 Å². The first-order valence-electron chi connectivity index (χ1n) is 10.2. The maximum atomic E-state index is 13.3. The Bertz CT molecular complexity index is 1130. The van der Waals surface area contributed by atoms with Gasteiger partial charge in [-0.15, -0.1) is 0 Å². The highest BCUT2D eigenvalue weighted by atomic mass is 35.5. The number of benzene rings is 2. The lowest BCUT2D eigenvalue weighted by Gasteiger charge is -2.32. The Morgan fingerprint density at radius 1 is 1.10 bits per heavy atom. The number of ketones is 1. The van der Waals surface area contributed by atoms with E-state index in [1.54, 1.807) is 12.1 Å². The monoisotopic (exact) mass is 438 g/mol. The van der Waals surface area contributed by atoms with Crippen LogP contribution < -0.4 is 4.74 Å². The third kappa shape index (κ3) is 4.35. The molecule has 1 N–H and O–H groups in total. The summed E-state index contributed by atoms with van der Waals surface area (Å²) in [6.07, 6.45) is 4.30. The molecule has 3 aromatic rings. The van der Waals surface area contributed by atoms with Crippen molar-refractivity contribution in [1.29, 1.82) is 0 Å². The van der Waals surface area contributed by atoms with Crippen molar-refractivity contribution in [3.8, 4) is 5.75 Å². The van der Waals surface area contributed by atoms with Crippen molar-refractivity contribution >= 4 is 39.4 Å². The fourth-order valence-corrected chi connectivity index (χ4v) is 4.34. The number of halogens is 1. The molecule has 1 aliphatic heterocycles. The van der Waals surface area contributed by atoms with Gasteiger partial charge in [-0.05, 0) is 48.4 Å². The number of H-pyrrole nitrogens is 1. The van der Waals surface area contributed by atoms with Gasteiger partial charge in [-0.1, -0.05) is 30.3 Å². The predicted molar refractivity (Wildman–Crippen MR) is 119 cm³/mol. The van der Waals surface area contributed by atoms with Crippen molar-refractivity contribution in [1.82, 2.24) is 9.88 Å². The van der Waals surface area contributed by atoms with E-state index >= 15 is 0 Å². The highest BCUT2D eigenvalue weighted by molar-refractivity contribution is 6.83. The van der Waals surface area contributed by atoms with Crippen LogP contribution in [0.1, 0.15) is 39.1 Å². The summed E-state index contributed by atoms with van der Waals surface area (Å²) >= 11 is 5.37. The SMILES string of the molecule is COc1cc2[nH]cc(C(=O)C(=O)Cl)c2cc1C(=O)N1CCC(Cc2ccccc2)CC1. The molecule has 0 radical (unpaired) electrons. The number of nitrogens with zero attached hydrogens (tertiary/aromatic N) is 1. The fraction of sp³-hybridized carbons (Fsp3) is 0.292. The number of nitrogens with one attached hydrogen (secondary N) is 1. The number of fused-ring (bicyclic) bond motifs is 1. The van der Waals surface area contributed by atoms with Crippen molar-refractivity contribution in [3.05, 3.63) is 65.4 Å². The number of aromatic amines is 1. The molecule has 0 atom stereocenters. The van der Waals surface area contributed by atoms with Crippen LogP contribution in [0.4, 0.5) is 0 Å². The first-order valence-corrected chi connectivity index (χ1v) is 10.6. The number of hydrogen-bond donors (Lipinski definition) is 1. The Kier molecular flexibility index (Phi) is 6.09. The summed E-state index contributed by atoms with van der Waals surface area (Å²) in [5, 5.41) is -0.591. The van der Waals surface area contributed by atoms with Gasteiger partial charge in [0, 0.05) is 36.3 Å². The van der Waals surface area contributed by atoms with Crippen LogP contribution in [-0.2, 0) is 11.2 Å². The van der Waals surface area contributed by atoms with Crippen LogP contribution >= 0.6 is 11.6 Å². The first-order chi connectivity index (χ1) is 15.0. The van der Waals surface area contributed by atoms with Gasteiger partial charge in [0.1, 0.15) is 5.75 Å². The maximum Gasteiger partial charge on any atom is 0.293 e. The van der Waals surface area contributed by atoms with Crippen LogP contribution in [-0.4, -0.2) is 47.0 Å². The molecule has 1 aromatic heterocycles. The molecule has 2 aromatic carbocycles. The normalized spacial score (nSPS) is 14.6. The molecule has 7 heteroatoms. The number of rotatable bonds is 6. The highest BCUT2D eigenvalue weighted by Crippen LogP contribution is 2.31. The van der Waals surface area contributed by atoms with Crippen molar-refractivity contribution in [3.63, 3.8) is 0 Å². The number of methoxy groups -OCH3 is 1. The van der Waals surface area contributed by atoms with E-state index in [-0.39, 0.29) is 11.5 Å². The molecule has 0 aliphatic carbocycles. The standard InChI is InChI=1S/C24H23ClN2O4/c1-31-21-13-20-17(19(14-26-20)22(28)23(25)29)12-18(21)24(30)27-9-7-16(8-10-27)11-15-5-3-2-4-6-15/h2-6,12-14,16,26H,7-11H2,1H3. The zero-order valence-electron chi connectivity index (χ0n) is 17.2. The topological polar surface area (TPSA) is 79.5 Å². The van der Waals surface area contributed by atoms with E-state index in [2.05, 4.69) is 17.1 Å². The summed E-state index contributed by atoms with van der Waals surface area (Å²) in [6, 6.07) is 13.7. The van der Waals surface area contributed by atoms with Gasteiger partial charge >= 0.3 is 0 Å². The zero-order chi connectivity index (χ0) is 22.0. The number of hydrogen-bond acceptors (Lipinski definition) is 4. The molecule has 2 heterocycles. The van der Waals surface area contributed by atoms with Crippen LogP contribution in [0.5, 0.6) is 5.75 Å². The summed E-state index contributed by atoms with van der Waals surface area (Å²) < 4.78 is 5.44. The van der Waals surface area contributed by atoms with E-state index < -0.39 is 11.0 Å². The van der Waals surface area contributed by atoms with Crippen LogP contribution in [0.25, 0.3) is 10.9 Å². The number of Topliss-reactive ketones (excluding diaryl/α,β-unsaturated/α-hetero) is 1. The smallest absolute Gasteiger partial charge is 0.293 e. The molecule has 1 aliphatic rings. The molecular formula is C24H23ClN2O4. The van der Waals surface area contributed by atoms with Gasteiger partial charge in [-0.25, -0.2) is 0 Å². The van der Waals surface area contributed by atoms with Gasteiger partial charge in [0.15, 0.2) is 0 Å². The molecule has 31 heavy (non-hydrogen) atoms. The highest BCUT2D eigenvalue weighted by Gasteiger charge is 2.27. The van der Waals surface area contributed by atoms with Crippen LogP contribution in [0.15, 0.2) is 48.7 Å². The minimum absolute atomic E-state index is 0.145. The number of carbonyl (C=O) groups is 3. The molecule has 4 rings (SSSR count). The quantitative estimate of drug-likeness (QED) is 0.355. The molecule has 0 spiro atoms. The van der Waals surface area contributed by atoms with E-state index in [0.29, 0.717) is 41.2 Å². The first kappa shape index (κ1) is 21.1. The third-order valence-electron chi connectivity index (χ3n) is 5.92. The number of aromatic nitrogens is 1. The molecule has 6 nitrogen and oxygen atoms in total. The summed E-state index contributed by atoms with van der Waals surface area (Å²) in [5.74, 6) is 0.00772. The van der Waals surface area contributed by atoms with Crippen molar-refractivity contribution < 1.29 is 19.1 Å². The van der Waals surface area contributed by atoms with E-state index in [1.807, 2.05) is 23.1 Å². The largest absolute Gasteiger partial charge is 0.496 e. The molecule has 1 amide bonds. The maximum absolute atomic E-state index is 13.3.